The lowest BCUT2D eigenvalue weighted by Crippen LogP contribution is -2.00. The molecule has 0 radical (unpaired) electrons. The Bertz CT molecular complexity index is 661. The van der Waals surface area contributed by atoms with Gasteiger partial charge in [-0.2, -0.15) is 12.8 Å². The summed E-state index contributed by atoms with van der Waals surface area (Å²) >= 11 is 0. The largest absolute Gasteiger partial charge is 0.282 e. The van der Waals surface area contributed by atoms with E-state index in [4.69, 9.17) is 0 Å². The summed E-state index contributed by atoms with van der Waals surface area (Å²) in [6.45, 7) is 1.75. The zero-order chi connectivity index (χ0) is 13.0. The van der Waals surface area contributed by atoms with Crippen molar-refractivity contribution in [2.45, 2.75) is 11.8 Å². The summed E-state index contributed by atoms with van der Waals surface area (Å²) in [5.74, 6) is 0. The van der Waals surface area contributed by atoms with Crippen LogP contribution in [0.1, 0.15) is 11.1 Å². The zero-order valence-corrected chi connectivity index (χ0v) is 10.8. The number of sulfonamides is 1. The maximum Gasteiger partial charge on any atom is 0.282 e. The Morgan fingerprint density at radius 1 is 0.944 bits per heavy atom. The van der Waals surface area contributed by atoms with E-state index in [1.54, 1.807) is 43.3 Å². The van der Waals surface area contributed by atoms with Crippen molar-refractivity contribution < 1.29 is 8.42 Å². The van der Waals surface area contributed by atoms with E-state index in [1.165, 1.54) is 6.21 Å². The van der Waals surface area contributed by atoms with Crippen LogP contribution in [0.25, 0.3) is 0 Å². The summed E-state index contributed by atoms with van der Waals surface area (Å²) in [6, 6.07) is 16.0. The molecule has 18 heavy (non-hydrogen) atoms. The lowest BCUT2D eigenvalue weighted by molar-refractivity contribution is 0.597. The van der Waals surface area contributed by atoms with Crippen LogP contribution in [0, 0.1) is 6.92 Å². The molecule has 0 N–H and O–H groups in total. The second-order valence-electron chi connectivity index (χ2n) is 3.89. The lowest BCUT2D eigenvalue weighted by Gasteiger charge is -2.02. The highest BCUT2D eigenvalue weighted by atomic mass is 32.2. The van der Waals surface area contributed by atoms with Gasteiger partial charge >= 0.3 is 0 Å². The first-order valence-electron chi connectivity index (χ1n) is 5.50. The Morgan fingerprint density at radius 2 is 1.56 bits per heavy atom. The average Bonchev–Trinajstić information content (AvgIpc) is 2.38. The number of hydrogen-bond acceptors (Lipinski definition) is 2. The Kier molecular flexibility index (Phi) is 3.58. The van der Waals surface area contributed by atoms with Gasteiger partial charge in [-0.25, -0.2) is 0 Å². The number of benzene rings is 2. The van der Waals surface area contributed by atoms with Gasteiger partial charge in [0.25, 0.3) is 10.0 Å². The molecule has 0 aromatic heterocycles. The van der Waals surface area contributed by atoms with Crippen LogP contribution in [-0.4, -0.2) is 14.6 Å². The van der Waals surface area contributed by atoms with Gasteiger partial charge < -0.3 is 0 Å². The molecule has 4 heteroatoms. The molecule has 0 fully saturated rings. The number of aryl methyl sites for hydroxylation is 1. The van der Waals surface area contributed by atoms with Gasteiger partial charge in [-0.05, 0) is 24.1 Å². The molecule has 0 aliphatic carbocycles. The van der Waals surface area contributed by atoms with E-state index in [0.717, 1.165) is 5.56 Å². The van der Waals surface area contributed by atoms with Crippen molar-refractivity contribution >= 4 is 16.2 Å². The fourth-order valence-corrected chi connectivity index (χ4v) is 2.67. The topological polar surface area (TPSA) is 46.5 Å². The summed E-state index contributed by atoms with van der Waals surface area (Å²) < 4.78 is 27.8. The van der Waals surface area contributed by atoms with Crippen molar-refractivity contribution in [2.24, 2.45) is 4.40 Å². The maximum atomic E-state index is 12.0. The van der Waals surface area contributed by atoms with Crippen molar-refractivity contribution in [1.82, 2.24) is 0 Å². The standard InChI is InChI=1S/C14H13NO2S/c1-12-7-5-6-10-14(12)18(16,17)15-11-13-8-3-2-4-9-13/h2-11H,1H3/b15-11+. The van der Waals surface area contributed by atoms with Crippen LogP contribution in [0.4, 0.5) is 0 Å². The molecule has 0 bridgehead atoms. The molecule has 0 heterocycles. The second kappa shape index (κ2) is 5.14. The Labute approximate surface area is 107 Å². The van der Waals surface area contributed by atoms with Gasteiger partial charge in [0.15, 0.2) is 0 Å². The summed E-state index contributed by atoms with van der Waals surface area (Å²) in [5, 5.41) is 0. The number of rotatable bonds is 3. The second-order valence-corrected chi connectivity index (χ2v) is 5.49. The van der Waals surface area contributed by atoms with E-state index in [2.05, 4.69) is 4.40 Å². The molecular weight excluding hydrogens is 246 g/mol. The quantitative estimate of drug-likeness (QED) is 0.796. The van der Waals surface area contributed by atoms with Crippen molar-refractivity contribution in [1.29, 1.82) is 0 Å². The van der Waals surface area contributed by atoms with Crippen LogP contribution in [0.5, 0.6) is 0 Å². The molecule has 3 nitrogen and oxygen atoms in total. The van der Waals surface area contributed by atoms with E-state index in [1.807, 2.05) is 18.2 Å². The normalized spacial score (nSPS) is 11.8. The summed E-state index contributed by atoms with van der Waals surface area (Å²) in [6.07, 6.45) is 1.36. The molecule has 2 aromatic carbocycles. The van der Waals surface area contributed by atoms with E-state index in [-0.39, 0.29) is 4.90 Å². The van der Waals surface area contributed by atoms with Crippen LogP contribution in [-0.2, 0) is 10.0 Å². The maximum absolute atomic E-state index is 12.0. The van der Waals surface area contributed by atoms with Gasteiger partial charge in [-0.15, -0.1) is 0 Å². The Morgan fingerprint density at radius 3 is 2.22 bits per heavy atom. The Hall–Kier alpha value is -1.94. The Balaban J connectivity index is 2.34. The summed E-state index contributed by atoms with van der Waals surface area (Å²) in [5.41, 5.74) is 1.46. The van der Waals surface area contributed by atoms with E-state index in [0.29, 0.717) is 5.56 Å². The lowest BCUT2D eigenvalue weighted by atomic mass is 10.2. The van der Waals surface area contributed by atoms with E-state index < -0.39 is 10.0 Å². The van der Waals surface area contributed by atoms with Crippen molar-refractivity contribution in [3.63, 3.8) is 0 Å². The molecule has 2 aromatic rings. The van der Waals surface area contributed by atoms with Crippen LogP contribution >= 0.6 is 0 Å². The summed E-state index contributed by atoms with van der Waals surface area (Å²) in [7, 11) is -3.62. The molecule has 0 saturated heterocycles. The van der Waals surface area contributed by atoms with Crippen LogP contribution in [0.3, 0.4) is 0 Å². The zero-order valence-electron chi connectivity index (χ0n) is 9.95. The predicted octanol–water partition coefficient (Wildman–Crippen LogP) is 2.80. The average molecular weight is 259 g/mol. The highest BCUT2D eigenvalue weighted by molar-refractivity contribution is 7.90. The highest BCUT2D eigenvalue weighted by Gasteiger charge is 2.13. The molecule has 0 spiro atoms. The highest BCUT2D eigenvalue weighted by Crippen LogP contribution is 2.16. The third-order valence-corrected chi connectivity index (χ3v) is 3.91. The van der Waals surface area contributed by atoms with Gasteiger partial charge in [0.1, 0.15) is 0 Å². The monoisotopic (exact) mass is 259 g/mol. The third kappa shape index (κ3) is 2.84. The smallest absolute Gasteiger partial charge is 0.199 e. The minimum atomic E-state index is -3.62. The molecule has 92 valence electrons. The molecule has 0 aliphatic rings. The molecular formula is C14H13NO2S. The summed E-state index contributed by atoms with van der Waals surface area (Å²) in [4.78, 5) is 0.247. The molecule has 0 unspecified atom stereocenters. The first-order valence-corrected chi connectivity index (χ1v) is 6.95. The van der Waals surface area contributed by atoms with Crippen LogP contribution in [0.15, 0.2) is 63.9 Å². The van der Waals surface area contributed by atoms with Crippen LogP contribution in [0.2, 0.25) is 0 Å². The third-order valence-electron chi connectivity index (χ3n) is 2.51. The van der Waals surface area contributed by atoms with Crippen molar-refractivity contribution in [3.8, 4) is 0 Å². The molecule has 0 aliphatic heterocycles. The first-order chi connectivity index (χ1) is 8.59. The minimum absolute atomic E-state index is 0.247. The van der Waals surface area contributed by atoms with Gasteiger partial charge in [-0.3, -0.25) is 0 Å². The number of nitrogens with zero attached hydrogens (tertiary/aromatic N) is 1. The minimum Gasteiger partial charge on any atom is -0.199 e. The van der Waals surface area contributed by atoms with Crippen LogP contribution < -0.4 is 0 Å². The predicted molar refractivity (Wildman–Crippen MR) is 72.4 cm³/mol. The fraction of sp³-hybridized carbons (Fsp3) is 0.0714. The van der Waals surface area contributed by atoms with Crippen molar-refractivity contribution in [2.75, 3.05) is 0 Å². The first kappa shape index (κ1) is 12.5. The van der Waals surface area contributed by atoms with Gasteiger partial charge in [0.05, 0.1) is 4.90 Å². The van der Waals surface area contributed by atoms with Gasteiger partial charge in [0.2, 0.25) is 0 Å². The SMILES string of the molecule is Cc1ccccc1S(=O)(=O)/N=C/c1ccccc1. The van der Waals surface area contributed by atoms with Gasteiger partial charge in [-0.1, -0.05) is 48.5 Å². The van der Waals surface area contributed by atoms with E-state index in [9.17, 15) is 8.42 Å². The van der Waals surface area contributed by atoms with Gasteiger partial charge in [0, 0.05) is 6.21 Å². The number of hydrogen-bond donors (Lipinski definition) is 0. The molecule has 2 rings (SSSR count). The molecule has 0 amide bonds. The van der Waals surface area contributed by atoms with Crippen molar-refractivity contribution in [3.05, 3.63) is 65.7 Å². The molecule has 0 saturated carbocycles. The fourth-order valence-electron chi connectivity index (χ4n) is 1.57. The molecule has 0 atom stereocenters. The van der Waals surface area contributed by atoms with E-state index >= 15 is 0 Å².